The van der Waals surface area contributed by atoms with Crippen molar-refractivity contribution in [2.24, 2.45) is 0 Å². The van der Waals surface area contributed by atoms with Crippen LogP contribution in [0.2, 0.25) is 0 Å². The molecular weight excluding hydrogens is 464 g/mol. The maximum absolute atomic E-state index is 14.0. The van der Waals surface area contributed by atoms with Gasteiger partial charge in [0.05, 0.1) is 5.56 Å². The van der Waals surface area contributed by atoms with Crippen LogP contribution in [0.1, 0.15) is 41.3 Å². The Morgan fingerprint density at radius 2 is 2.00 bits per heavy atom. The normalized spacial score (nSPS) is 15.6. The minimum absolute atomic E-state index is 0.0586. The molecule has 1 aliphatic heterocycles. The summed E-state index contributed by atoms with van der Waals surface area (Å²) in [4.78, 5) is 27.7. The minimum Gasteiger partial charge on any atom is -0.502 e. The summed E-state index contributed by atoms with van der Waals surface area (Å²) in [5.41, 5.74) is 0.288. The Bertz CT molecular complexity index is 1350. The maximum atomic E-state index is 14.0. The second-order valence-corrected chi connectivity index (χ2v) is 9.20. The fourth-order valence-corrected chi connectivity index (χ4v) is 4.85. The Hall–Kier alpha value is -3.60. The molecule has 11 heteroatoms. The van der Waals surface area contributed by atoms with Gasteiger partial charge in [0, 0.05) is 38.7 Å². The lowest BCUT2D eigenvalue weighted by Gasteiger charge is -2.44. The van der Waals surface area contributed by atoms with Crippen molar-refractivity contribution in [1.82, 2.24) is 19.8 Å². The van der Waals surface area contributed by atoms with Crippen LogP contribution in [0.25, 0.3) is 10.6 Å². The average Bonchev–Trinajstić information content (AvgIpc) is 3.24. The zero-order valence-electron chi connectivity index (χ0n) is 18.9. The Morgan fingerprint density at radius 3 is 2.65 bits per heavy atom. The summed E-state index contributed by atoms with van der Waals surface area (Å²) in [6, 6.07) is 3.27. The predicted octanol–water partition coefficient (Wildman–Crippen LogP) is 3.28. The molecule has 1 unspecified atom stereocenters. The Kier molecular flexibility index (Phi) is 6.22. The van der Waals surface area contributed by atoms with Gasteiger partial charge in [-0.1, -0.05) is 29.6 Å². The molecule has 0 saturated carbocycles. The molecule has 2 aromatic heterocycles. The molecule has 8 nitrogen and oxygen atoms in total. The molecule has 3 aromatic rings. The Morgan fingerprint density at radius 1 is 1.26 bits per heavy atom. The molecule has 1 atom stereocenters. The van der Waals surface area contributed by atoms with Crippen molar-refractivity contribution >= 4 is 17.2 Å². The molecule has 0 aliphatic carbocycles. The third kappa shape index (κ3) is 4.07. The number of hydrogen-bond acceptors (Lipinski definition) is 7. The van der Waals surface area contributed by atoms with E-state index in [0.29, 0.717) is 18.0 Å². The smallest absolute Gasteiger partial charge is 0.278 e. The maximum Gasteiger partial charge on any atom is 0.278 e. The van der Waals surface area contributed by atoms with Gasteiger partial charge in [0.25, 0.3) is 5.91 Å². The van der Waals surface area contributed by atoms with Gasteiger partial charge >= 0.3 is 0 Å². The van der Waals surface area contributed by atoms with Gasteiger partial charge in [-0.15, -0.1) is 10.2 Å². The van der Waals surface area contributed by atoms with Crippen molar-refractivity contribution in [2.45, 2.75) is 32.9 Å². The lowest BCUT2D eigenvalue weighted by molar-refractivity contribution is 0.0592. The van der Waals surface area contributed by atoms with Gasteiger partial charge in [-0.05, 0) is 25.5 Å². The number of halogens is 2. The van der Waals surface area contributed by atoms with E-state index in [1.165, 1.54) is 16.9 Å². The highest BCUT2D eigenvalue weighted by Gasteiger charge is 2.38. The van der Waals surface area contributed by atoms with Crippen LogP contribution in [0.15, 0.2) is 41.3 Å². The fourth-order valence-electron chi connectivity index (χ4n) is 3.98. The minimum atomic E-state index is -0.752. The first-order valence-corrected chi connectivity index (χ1v) is 11.4. The summed E-state index contributed by atoms with van der Waals surface area (Å²) in [6.45, 7) is 8.01. The molecule has 34 heavy (non-hydrogen) atoms. The van der Waals surface area contributed by atoms with E-state index in [1.54, 1.807) is 17.0 Å². The molecule has 0 radical (unpaired) electrons. The van der Waals surface area contributed by atoms with Crippen molar-refractivity contribution < 1.29 is 18.7 Å². The number of aromatic nitrogens is 3. The van der Waals surface area contributed by atoms with Gasteiger partial charge in [0.15, 0.2) is 16.5 Å². The number of benzene rings is 1. The number of amides is 1. The highest BCUT2D eigenvalue weighted by atomic mass is 32.1. The van der Waals surface area contributed by atoms with Crippen LogP contribution < -0.4 is 10.4 Å². The molecule has 178 valence electrons. The highest BCUT2D eigenvalue weighted by Crippen LogP contribution is 2.30. The number of carbonyl (C=O) groups excluding carboxylic acids is 1. The number of aromatic hydroxyl groups is 1. The van der Waals surface area contributed by atoms with Crippen LogP contribution in [0.4, 0.5) is 8.78 Å². The van der Waals surface area contributed by atoms with Gasteiger partial charge in [-0.2, -0.15) is 0 Å². The van der Waals surface area contributed by atoms with Crippen molar-refractivity contribution in [2.75, 3.05) is 18.6 Å². The number of carbonyl (C=O) groups is 1. The molecule has 1 aliphatic rings. The lowest BCUT2D eigenvalue weighted by atomic mass is 10.1. The first kappa shape index (κ1) is 23.6. The highest BCUT2D eigenvalue weighted by molar-refractivity contribution is 7.14. The number of hydrogen-bond donors (Lipinski definition) is 1. The molecule has 1 aromatic carbocycles. The second kappa shape index (κ2) is 8.98. The molecule has 1 N–H and O–H groups in total. The molecule has 1 amide bonds. The van der Waals surface area contributed by atoms with E-state index in [-0.39, 0.29) is 34.4 Å². The Balaban J connectivity index is 1.75. The first-order valence-electron chi connectivity index (χ1n) is 10.6. The van der Waals surface area contributed by atoms with Crippen molar-refractivity contribution in [1.29, 1.82) is 0 Å². The molecule has 0 spiro atoms. The van der Waals surface area contributed by atoms with Gasteiger partial charge in [0.2, 0.25) is 5.43 Å². The van der Waals surface area contributed by atoms with Crippen LogP contribution in [-0.4, -0.2) is 50.5 Å². The van der Waals surface area contributed by atoms with Gasteiger partial charge in [0.1, 0.15) is 22.8 Å². The summed E-state index contributed by atoms with van der Waals surface area (Å²) in [5, 5.41) is 21.1. The van der Waals surface area contributed by atoms with Crippen molar-refractivity contribution in [3.63, 3.8) is 0 Å². The topological polar surface area (TPSA) is 91.6 Å². The van der Waals surface area contributed by atoms with E-state index < -0.39 is 28.7 Å². The third-order valence-electron chi connectivity index (χ3n) is 5.68. The first-order chi connectivity index (χ1) is 16.1. The van der Waals surface area contributed by atoms with Crippen LogP contribution in [0.5, 0.6) is 5.75 Å². The fraction of sp³-hybridized carbons (Fsp3) is 0.304. The molecule has 0 fully saturated rings. The van der Waals surface area contributed by atoms with E-state index in [0.717, 1.165) is 29.0 Å². The number of pyridine rings is 1. The quantitative estimate of drug-likeness (QED) is 0.537. The van der Waals surface area contributed by atoms with Crippen LogP contribution in [-0.2, 0) is 6.42 Å². The Labute approximate surface area is 198 Å². The van der Waals surface area contributed by atoms with E-state index in [1.807, 2.05) is 13.8 Å². The lowest BCUT2D eigenvalue weighted by Crippen LogP contribution is -2.59. The van der Waals surface area contributed by atoms with Crippen LogP contribution in [0, 0.1) is 11.6 Å². The summed E-state index contributed by atoms with van der Waals surface area (Å²) in [5.74, 6) is -2.52. The standard InChI is InChI=1S/C23H23F2N5O3S/c1-5-29-18(8-12(2)3)28(4)30-11-15(20(31)21(32)19(30)23(29)33)22-27-26-17(34-22)9-13-6-7-14(24)10-16(13)25/h6-7,10-11,18,32H,2,5,8-9H2,1,3-4H3. The molecule has 3 heterocycles. The summed E-state index contributed by atoms with van der Waals surface area (Å²) in [6.07, 6.45) is 1.66. The number of nitrogens with zero attached hydrogens (tertiary/aromatic N) is 5. The second-order valence-electron chi connectivity index (χ2n) is 8.13. The third-order valence-corrected chi connectivity index (χ3v) is 6.64. The van der Waals surface area contributed by atoms with Gasteiger partial charge < -0.3 is 10.0 Å². The predicted molar refractivity (Wildman–Crippen MR) is 125 cm³/mol. The van der Waals surface area contributed by atoms with Crippen LogP contribution >= 0.6 is 11.3 Å². The zero-order chi connectivity index (χ0) is 24.7. The molecule has 0 saturated heterocycles. The molecule has 4 rings (SSSR count). The van der Waals surface area contributed by atoms with E-state index in [4.69, 9.17) is 0 Å². The van der Waals surface area contributed by atoms with E-state index in [9.17, 15) is 23.5 Å². The van der Waals surface area contributed by atoms with Gasteiger partial charge in [-0.25, -0.2) is 8.78 Å². The van der Waals surface area contributed by atoms with Crippen molar-refractivity contribution in [3.05, 3.63) is 74.7 Å². The molecule has 0 bridgehead atoms. The SMILES string of the molecule is C=C(C)CC1N(CC)C(=O)c2c(O)c(=O)c(-c3nnc(Cc4ccc(F)cc4F)s3)cn2N1C. The molecular formula is C23H23F2N5O3S. The van der Waals surface area contributed by atoms with Gasteiger partial charge in [-0.3, -0.25) is 19.3 Å². The van der Waals surface area contributed by atoms with E-state index in [2.05, 4.69) is 16.8 Å². The van der Waals surface area contributed by atoms with Crippen LogP contribution in [0.3, 0.4) is 0 Å². The average molecular weight is 488 g/mol. The summed E-state index contributed by atoms with van der Waals surface area (Å²) in [7, 11) is 1.75. The van der Waals surface area contributed by atoms with E-state index >= 15 is 0 Å². The summed E-state index contributed by atoms with van der Waals surface area (Å²) < 4.78 is 28.6. The zero-order valence-corrected chi connectivity index (χ0v) is 19.7. The monoisotopic (exact) mass is 487 g/mol. The number of fused-ring (bicyclic) bond motifs is 1. The summed E-state index contributed by atoms with van der Waals surface area (Å²) >= 11 is 1.05. The largest absolute Gasteiger partial charge is 0.502 e. The number of rotatable bonds is 6. The van der Waals surface area contributed by atoms with Crippen molar-refractivity contribution in [3.8, 4) is 16.3 Å².